The van der Waals surface area contributed by atoms with Crippen LogP contribution in [0.5, 0.6) is 0 Å². The first-order chi connectivity index (χ1) is 18.0. The number of aryl methyl sites for hydroxylation is 2. The van der Waals surface area contributed by atoms with Crippen molar-refractivity contribution < 1.29 is 4.42 Å². The Morgan fingerprint density at radius 2 is 1.05 bits per heavy atom. The van der Waals surface area contributed by atoms with Gasteiger partial charge in [-0.1, -0.05) is 88.4 Å². The molecule has 0 aliphatic rings. The molecular weight excluding hydrogens is 456 g/mol. The van der Waals surface area contributed by atoms with Crippen LogP contribution in [-0.4, -0.2) is 10.2 Å². The SMILES string of the molecule is CCC(=C(N)c1ccc(-c2nnc(C(N)=C(CC)c3ccc(CC)cc3)o2)cc1)c1ccc(CC)cc1. The Balaban J connectivity index is 1.59. The van der Waals surface area contributed by atoms with E-state index in [0.717, 1.165) is 64.8 Å². The van der Waals surface area contributed by atoms with Crippen molar-refractivity contribution in [2.75, 3.05) is 0 Å². The number of benzene rings is 3. The summed E-state index contributed by atoms with van der Waals surface area (Å²) < 4.78 is 5.99. The predicted molar refractivity (Wildman–Crippen MR) is 154 cm³/mol. The maximum atomic E-state index is 6.61. The van der Waals surface area contributed by atoms with E-state index in [4.69, 9.17) is 15.9 Å². The number of hydrogen-bond donors (Lipinski definition) is 2. The number of nitrogens with zero attached hydrogens (tertiary/aromatic N) is 2. The lowest BCUT2D eigenvalue weighted by Gasteiger charge is -2.12. The van der Waals surface area contributed by atoms with Crippen LogP contribution >= 0.6 is 0 Å². The van der Waals surface area contributed by atoms with Gasteiger partial charge in [0.1, 0.15) is 5.70 Å². The molecule has 1 aromatic heterocycles. The van der Waals surface area contributed by atoms with Gasteiger partial charge in [-0.2, -0.15) is 0 Å². The average Bonchev–Trinajstić information content (AvgIpc) is 3.45. The summed E-state index contributed by atoms with van der Waals surface area (Å²) in [5, 5.41) is 8.50. The molecule has 0 bridgehead atoms. The molecule has 0 amide bonds. The van der Waals surface area contributed by atoms with Crippen LogP contribution in [0.3, 0.4) is 0 Å². The van der Waals surface area contributed by atoms with Crippen LogP contribution in [0.4, 0.5) is 0 Å². The van der Waals surface area contributed by atoms with Gasteiger partial charge in [0.15, 0.2) is 0 Å². The van der Waals surface area contributed by atoms with E-state index in [1.54, 1.807) is 0 Å². The Morgan fingerprint density at radius 1 is 0.595 bits per heavy atom. The molecule has 4 N–H and O–H groups in total. The summed E-state index contributed by atoms with van der Waals surface area (Å²) >= 11 is 0. The van der Waals surface area contributed by atoms with Crippen molar-refractivity contribution in [3.63, 3.8) is 0 Å². The highest BCUT2D eigenvalue weighted by Gasteiger charge is 2.16. The molecule has 0 saturated heterocycles. The largest absolute Gasteiger partial charge is 0.415 e. The van der Waals surface area contributed by atoms with Gasteiger partial charge in [-0.05, 0) is 76.8 Å². The number of hydrogen-bond acceptors (Lipinski definition) is 5. The number of aromatic nitrogens is 2. The van der Waals surface area contributed by atoms with E-state index in [1.807, 2.05) is 24.3 Å². The summed E-state index contributed by atoms with van der Waals surface area (Å²) in [6, 6.07) is 25.0. The fraction of sp³-hybridized carbons (Fsp3) is 0.250. The van der Waals surface area contributed by atoms with Crippen LogP contribution in [0, 0.1) is 0 Å². The number of rotatable bonds is 9. The van der Waals surface area contributed by atoms with E-state index < -0.39 is 0 Å². The lowest BCUT2D eigenvalue weighted by atomic mass is 9.96. The first kappa shape index (κ1) is 26.0. The maximum absolute atomic E-state index is 6.61. The molecule has 5 nitrogen and oxygen atoms in total. The molecule has 1 heterocycles. The third kappa shape index (κ3) is 5.67. The predicted octanol–water partition coefficient (Wildman–Crippen LogP) is 7.34. The third-order valence-electron chi connectivity index (χ3n) is 6.88. The molecule has 0 aliphatic heterocycles. The molecule has 0 fully saturated rings. The summed E-state index contributed by atoms with van der Waals surface area (Å²) in [4.78, 5) is 0. The molecule has 0 saturated carbocycles. The Morgan fingerprint density at radius 3 is 1.51 bits per heavy atom. The van der Waals surface area contributed by atoms with Gasteiger partial charge in [0.05, 0.1) is 0 Å². The van der Waals surface area contributed by atoms with Gasteiger partial charge in [-0.25, -0.2) is 0 Å². The highest BCUT2D eigenvalue weighted by atomic mass is 16.4. The van der Waals surface area contributed by atoms with E-state index in [0.29, 0.717) is 17.5 Å². The molecular formula is C32H36N4O. The van der Waals surface area contributed by atoms with Gasteiger partial charge >= 0.3 is 0 Å². The van der Waals surface area contributed by atoms with Gasteiger partial charge in [-0.3, -0.25) is 0 Å². The lowest BCUT2D eigenvalue weighted by Crippen LogP contribution is -2.02. The fourth-order valence-electron chi connectivity index (χ4n) is 4.53. The van der Waals surface area contributed by atoms with Crippen molar-refractivity contribution in [1.82, 2.24) is 10.2 Å². The summed E-state index contributed by atoms with van der Waals surface area (Å²) in [5.41, 5.74) is 23.1. The van der Waals surface area contributed by atoms with Crippen LogP contribution in [0.25, 0.3) is 34.0 Å². The lowest BCUT2D eigenvalue weighted by molar-refractivity contribution is 0.552. The first-order valence-corrected chi connectivity index (χ1v) is 13.1. The van der Waals surface area contributed by atoms with Gasteiger partial charge in [0.2, 0.25) is 5.89 Å². The second kappa shape index (κ2) is 11.7. The summed E-state index contributed by atoms with van der Waals surface area (Å²) in [6.07, 6.45) is 3.63. The molecule has 0 aliphatic carbocycles. The van der Waals surface area contributed by atoms with Crippen molar-refractivity contribution in [2.45, 2.75) is 53.4 Å². The minimum absolute atomic E-state index is 0.332. The number of allylic oxidation sites excluding steroid dienone is 2. The summed E-state index contributed by atoms with van der Waals surface area (Å²) in [5.74, 6) is 0.758. The van der Waals surface area contributed by atoms with Gasteiger partial charge in [-0.15, -0.1) is 10.2 Å². The molecule has 190 valence electrons. The van der Waals surface area contributed by atoms with Gasteiger partial charge < -0.3 is 15.9 Å². The normalized spacial score (nSPS) is 12.8. The molecule has 0 atom stereocenters. The summed E-state index contributed by atoms with van der Waals surface area (Å²) in [7, 11) is 0. The standard InChI is InChI=1S/C32H36N4O/c1-5-21-9-13-23(14-10-21)27(7-3)29(33)25-17-19-26(20-18-25)31-35-36-32(37-31)30(34)28(8-4)24-15-11-22(6-2)12-16-24/h9-20H,5-8,33-34H2,1-4H3. The highest BCUT2D eigenvalue weighted by Crippen LogP contribution is 2.30. The molecule has 5 heteroatoms. The van der Waals surface area contributed by atoms with E-state index >= 15 is 0 Å². The quantitative estimate of drug-likeness (QED) is 0.239. The van der Waals surface area contributed by atoms with Crippen molar-refractivity contribution in [3.8, 4) is 11.5 Å². The number of nitrogens with two attached hydrogens (primary N) is 2. The van der Waals surface area contributed by atoms with Crippen LogP contribution in [0.15, 0.2) is 77.2 Å². The summed E-state index contributed by atoms with van der Waals surface area (Å²) in [6.45, 7) is 8.51. The van der Waals surface area contributed by atoms with Crippen LogP contribution in [0.2, 0.25) is 0 Å². The van der Waals surface area contributed by atoms with E-state index in [-0.39, 0.29) is 0 Å². The molecule has 37 heavy (non-hydrogen) atoms. The zero-order valence-electron chi connectivity index (χ0n) is 22.2. The first-order valence-electron chi connectivity index (χ1n) is 13.1. The average molecular weight is 493 g/mol. The van der Waals surface area contributed by atoms with Crippen LogP contribution in [-0.2, 0) is 12.8 Å². The van der Waals surface area contributed by atoms with Crippen molar-refractivity contribution in [2.24, 2.45) is 11.5 Å². The molecule has 0 radical (unpaired) electrons. The van der Waals surface area contributed by atoms with Crippen molar-refractivity contribution >= 4 is 22.5 Å². The van der Waals surface area contributed by atoms with Gasteiger partial charge in [0.25, 0.3) is 5.89 Å². The van der Waals surface area contributed by atoms with E-state index in [9.17, 15) is 0 Å². The van der Waals surface area contributed by atoms with Crippen LogP contribution < -0.4 is 11.5 Å². The smallest absolute Gasteiger partial charge is 0.264 e. The second-order valence-corrected chi connectivity index (χ2v) is 9.08. The van der Waals surface area contributed by atoms with E-state index in [2.05, 4.69) is 86.4 Å². The minimum atomic E-state index is 0.332. The topological polar surface area (TPSA) is 91.0 Å². The van der Waals surface area contributed by atoms with E-state index in [1.165, 1.54) is 11.1 Å². The van der Waals surface area contributed by atoms with Crippen molar-refractivity contribution in [1.29, 1.82) is 0 Å². The van der Waals surface area contributed by atoms with Crippen molar-refractivity contribution in [3.05, 3.63) is 107 Å². The Kier molecular flexibility index (Phi) is 8.24. The zero-order valence-corrected chi connectivity index (χ0v) is 22.2. The Bertz CT molecular complexity index is 1390. The monoisotopic (exact) mass is 492 g/mol. The maximum Gasteiger partial charge on any atom is 0.264 e. The third-order valence-corrected chi connectivity index (χ3v) is 6.88. The second-order valence-electron chi connectivity index (χ2n) is 9.08. The highest BCUT2D eigenvalue weighted by molar-refractivity contribution is 5.89. The molecule has 0 spiro atoms. The van der Waals surface area contributed by atoms with Crippen LogP contribution in [0.1, 0.15) is 74.2 Å². The fourth-order valence-corrected chi connectivity index (χ4v) is 4.53. The molecule has 4 rings (SSSR count). The Labute approximate surface area is 219 Å². The molecule has 3 aromatic carbocycles. The molecule has 4 aromatic rings. The minimum Gasteiger partial charge on any atom is -0.415 e. The Hall–Kier alpha value is -4.12. The zero-order chi connectivity index (χ0) is 26.4. The molecule has 0 unspecified atom stereocenters. The van der Waals surface area contributed by atoms with Gasteiger partial charge in [0, 0.05) is 11.3 Å².